The van der Waals surface area contributed by atoms with Gasteiger partial charge >= 0.3 is 0 Å². The van der Waals surface area contributed by atoms with Crippen LogP contribution in [0.5, 0.6) is 0 Å². The topological polar surface area (TPSA) is 110 Å². The molecule has 1 aliphatic heterocycles. The molecular weight excluding hydrogens is 442 g/mol. The second-order valence-electron chi connectivity index (χ2n) is 7.44. The van der Waals surface area contributed by atoms with Gasteiger partial charge in [-0.15, -0.1) is 11.8 Å². The Labute approximate surface area is 193 Å². The van der Waals surface area contributed by atoms with Crippen LogP contribution in [0, 0.1) is 17.0 Å². The van der Waals surface area contributed by atoms with Gasteiger partial charge in [0.2, 0.25) is 11.8 Å². The average Bonchev–Trinajstić information content (AvgIpc) is 3.08. The normalized spacial score (nSPS) is 15.5. The zero-order chi connectivity index (χ0) is 23.5. The number of nitro groups is 1. The maximum absolute atomic E-state index is 12.8. The summed E-state index contributed by atoms with van der Waals surface area (Å²) in [7, 11) is 0. The van der Waals surface area contributed by atoms with Crippen LogP contribution in [0.15, 0.2) is 77.7 Å². The fourth-order valence-electron chi connectivity index (χ4n) is 3.50. The third-order valence-corrected chi connectivity index (χ3v) is 6.40. The number of carbonyl (C=O) groups is 3. The highest BCUT2D eigenvalue weighted by Gasteiger charge is 2.40. The Morgan fingerprint density at radius 1 is 1.03 bits per heavy atom. The summed E-state index contributed by atoms with van der Waals surface area (Å²) >= 11 is 1.26. The molecule has 1 unspecified atom stereocenters. The van der Waals surface area contributed by atoms with Crippen molar-refractivity contribution in [3.8, 4) is 0 Å². The first-order chi connectivity index (χ1) is 15.8. The van der Waals surface area contributed by atoms with Crippen LogP contribution in [0.4, 0.5) is 17.1 Å². The van der Waals surface area contributed by atoms with Crippen molar-refractivity contribution in [1.82, 2.24) is 0 Å². The number of thioether (sulfide) groups is 1. The Hall–Kier alpha value is -3.98. The first-order valence-electron chi connectivity index (χ1n) is 10.1. The van der Waals surface area contributed by atoms with Crippen molar-refractivity contribution in [3.63, 3.8) is 0 Å². The van der Waals surface area contributed by atoms with Crippen molar-refractivity contribution < 1.29 is 19.3 Å². The number of aryl methyl sites for hydroxylation is 1. The molecule has 1 saturated heterocycles. The summed E-state index contributed by atoms with van der Waals surface area (Å²) in [5, 5.41) is 13.1. The molecular formula is C24H19N3O5S. The molecule has 0 saturated carbocycles. The fourth-order valence-corrected chi connectivity index (χ4v) is 4.55. The van der Waals surface area contributed by atoms with E-state index in [1.165, 1.54) is 36.0 Å². The van der Waals surface area contributed by atoms with Gasteiger partial charge in [-0.05, 0) is 55.0 Å². The van der Waals surface area contributed by atoms with Gasteiger partial charge in [-0.25, -0.2) is 4.90 Å². The Bertz CT molecular complexity index is 1240. The van der Waals surface area contributed by atoms with E-state index < -0.39 is 10.2 Å². The van der Waals surface area contributed by atoms with Gasteiger partial charge in [0.25, 0.3) is 11.6 Å². The third-order valence-electron chi connectivity index (χ3n) is 5.20. The molecule has 1 aliphatic rings. The summed E-state index contributed by atoms with van der Waals surface area (Å²) in [6.07, 6.45) is 0.0340. The Kier molecular flexibility index (Phi) is 6.23. The monoisotopic (exact) mass is 461 g/mol. The third kappa shape index (κ3) is 4.78. The molecule has 0 spiro atoms. The minimum Gasteiger partial charge on any atom is -0.322 e. The lowest BCUT2D eigenvalue weighted by atomic mass is 10.1. The molecule has 8 nitrogen and oxygen atoms in total. The number of anilines is 2. The summed E-state index contributed by atoms with van der Waals surface area (Å²) < 4.78 is 0. The van der Waals surface area contributed by atoms with E-state index >= 15 is 0 Å². The molecule has 0 radical (unpaired) electrons. The SMILES string of the molecule is Cc1ccccc1C(=O)Nc1ccc(SC2CC(=O)N(c3ccc([N+](=O)[O-])cc3)C2=O)cc1. The molecule has 0 bridgehead atoms. The smallest absolute Gasteiger partial charge is 0.269 e. The van der Waals surface area contributed by atoms with E-state index in [-0.39, 0.29) is 29.8 Å². The number of rotatable bonds is 6. The molecule has 0 aliphatic carbocycles. The molecule has 1 heterocycles. The lowest BCUT2D eigenvalue weighted by Gasteiger charge is -2.15. The van der Waals surface area contributed by atoms with Crippen LogP contribution in [0.25, 0.3) is 0 Å². The van der Waals surface area contributed by atoms with E-state index in [2.05, 4.69) is 5.32 Å². The molecule has 4 rings (SSSR count). The molecule has 166 valence electrons. The first-order valence-corrected chi connectivity index (χ1v) is 11.0. The fraction of sp³-hybridized carbons (Fsp3) is 0.125. The minimum atomic E-state index is -0.597. The van der Waals surface area contributed by atoms with Gasteiger partial charge in [-0.2, -0.15) is 0 Å². The standard InChI is InChI=1S/C24H19N3O5S/c1-15-4-2-3-5-20(15)23(29)25-16-6-12-19(13-7-16)33-21-14-22(28)26(24(21)30)17-8-10-18(11-9-17)27(31)32/h2-13,21H,14H2,1H3,(H,25,29). The van der Waals surface area contributed by atoms with Crippen LogP contribution in [-0.4, -0.2) is 27.9 Å². The molecule has 3 amide bonds. The van der Waals surface area contributed by atoms with E-state index in [9.17, 15) is 24.5 Å². The second kappa shape index (κ2) is 9.25. The molecule has 3 aromatic rings. The number of benzene rings is 3. The quantitative estimate of drug-likeness (QED) is 0.327. The lowest BCUT2D eigenvalue weighted by molar-refractivity contribution is -0.384. The predicted molar refractivity (Wildman–Crippen MR) is 125 cm³/mol. The van der Waals surface area contributed by atoms with E-state index in [1.54, 1.807) is 30.3 Å². The zero-order valence-corrected chi connectivity index (χ0v) is 18.4. The Morgan fingerprint density at radius 3 is 2.33 bits per heavy atom. The molecule has 1 fully saturated rings. The lowest BCUT2D eigenvalue weighted by Crippen LogP contribution is -2.31. The van der Waals surface area contributed by atoms with E-state index in [4.69, 9.17) is 0 Å². The molecule has 1 N–H and O–H groups in total. The Morgan fingerprint density at radius 2 is 1.70 bits per heavy atom. The highest BCUT2D eigenvalue weighted by Crippen LogP contribution is 2.35. The van der Waals surface area contributed by atoms with Gasteiger partial charge in [0.05, 0.1) is 15.9 Å². The number of hydrogen-bond donors (Lipinski definition) is 1. The second-order valence-corrected chi connectivity index (χ2v) is 8.72. The summed E-state index contributed by atoms with van der Waals surface area (Å²) in [4.78, 5) is 49.9. The first kappa shape index (κ1) is 22.2. The number of carbonyl (C=O) groups excluding carboxylic acids is 3. The number of amides is 3. The van der Waals surface area contributed by atoms with E-state index in [0.717, 1.165) is 15.4 Å². The van der Waals surface area contributed by atoms with E-state index in [1.807, 2.05) is 25.1 Å². The maximum Gasteiger partial charge on any atom is 0.269 e. The number of nitro benzene ring substituents is 1. The van der Waals surface area contributed by atoms with Crippen LogP contribution < -0.4 is 10.2 Å². The van der Waals surface area contributed by atoms with Crippen LogP contribution in [0.3, 0.4) is 0 Å². The van der Waals surface area contributed by atoms with Gasteiger partial charge < -0.3 is 5.32 Å². The molecule has 33 heavy (non-hydrogen) atoms. The van der Waals surface area contributed by atoms with Gasteiger partial charge in [-0.3, -0.25) is 24.5 Å². The highest BCUT2D eigenvalue weighted by molar-refractivity contribution is 8.00. The van der Waals surface area contributed by atoms with Gasteiger partial charge in [0.15, 0.2) is 0 Å². The molecule has 1 atom stereocenters. The van der Waals surface area contributed by atoms with Crippen LogP contribution in [0.2, 0.25) is 0 Å². The number of nitrogens with zero attached hydrogens (tertiary/aromatic N) is 2. The average molecular weight is 461 g/mol. The minimum absolute atomic E-state index is 0.0340. The van der Waals surface area contributed by atoms with Crippen molar-refractivity contribution in [2.45, 2.75) is 23.5 Å². The van der Waals surface area contributed by atoms with Crippen molar-refractivity contribution in [2.24, 2.45) is 0 Å². The van der Waals surface area contributed by atoms with Crippen LogP contribution in [-0.2, 0) is 9.59 Å². The van der Waals surface area contributed by atoms with Crippen molar-refractivity contribution >= 4 is 46.5 Å². The van der Waals surface area contributed by atoms with Gasteiger partial charge in [0.1, 0.15) is 0 Å². The van der Waals surface area contributed by atoms with Gasteiger partial charge in [-0.1, -0.05) is 18.2 Å². The molecule has 3 aromatic carbocycles. The zero-order valence-electron chi connectivity index (χ0n) is 17.6. The van der Waals surface area contributed by atoms with E-state index in [0.29, 0.717) is 16.9 Å². The van der Waals surface area contributed by atoms with Crippen molar-refractivity contribution in [3.05, 3.63) is 94.0 Å². The summed E-state index contributed by atoms with van der Waals surface area (Å²) in [5.74, 6) is -0.923. The number of imide groups is 1. The van der Waals surface area contributed by atoms with Crippen molar-refractivity contribution in [2.75, 3.05) is 10.2 Å². The highest BCUT2D eigenvalue weighted by atomic mass is 32.2. The summed E-state index contributed by atoms with van der Waals surface area (Å²) in [6.45, 7) is 1.87. The number of nitrogens with one attached hydrogen (secondary N) is 1. The van der Waals surface area contributed by atoms with Gasteiger partial charge in [0, 0.05) is 34.7 Å². The molecule has 9 heteroatoms. The largest absolute Gasteiger partial charge is 0.322 e. The van der Waals surface area contributed by atoms with Crippen LogP contribution >= 0.6 is 11.8 Å². The van der Waals surface area contributed by atoms with Crippen molar-refractivity contribution in [1.29, 1.82) is 0 Å². The van der Waals surface area contributed by atoms with Crippen LogP contribution in [0.1, 0.15) is 22.3 Å². The number of hydrogen-bond acceptors (Lipinski definition) is 6. The Balaban J connectivity index is 1.41. The molecule has 0 aromatic heterocycles. The summed E-state index contributed by atoms with van der Waals surface area (Å²) in [5.41, 5.74) is 2.29. The maximum atomic E-state index is 12.8. The summed E-state index contributed by atoms with van der Waals surface area (Å²) in [6, 6.07) is 19.7. The number of non-ortho nitro benzene ring substituents is 1. The predicted octanol–water partition coefficient (Wildman–Crippen LogP) is 4.58.